The van der Waals surface area contributed by atoms with Gasteiger partial charge in [-0.25, -0.2) is 8.42 Å². The number of morpholine rings is 1. The number of ether oxygens (including phenoxy) is 1. The van der Waals surface area contributed by atoms with E-state index in [0.29, 0.717) is 11.8 Å². The minimum Gasteiger partial charge on any atom is -0.378 e. The van der Waals surface area contributed by atoms with Gasteiger partial charge in [-0.05, 0) is 49.1 Å². The highest BCUT2D eigenvalue weighted by Gasteiger charge is 2.43. The highest BCUT2D eigenvalue weighted by atomic mass is 35.5. The second-order valence-electron chi connectivity index (χ2n) is 8.87. The number of rotatable bonds is 5. The van der Waals surface area contributed by atoms with Crippen molar-refractivity contribution in [3.63, 3.8) is 0 Å². The molecule has 1 amide bonds. The first-order valence-electron chi connectivity index (χ1n) is 11.1. The number of carbonyl (C=O) groups excluding carboxylic acids is 1. The number of benzene rings is 1. The molecule has 0 spiro atoms. The molecule has 2 bridgehead atoms. The van der Waals surface area contributed by atoms with Gasteiger partial charge in [0.25, 0.3) is 0 Å². The summed E-state index contributed by atoms with van der Waals surface area (Å²) in [6.45, 7) is 2.65. The summed E-state index contributed by atoms with van der Waals surface area (Å²) >= 11 is 6.17. The van der Waals surface area contributed by atoms with Crippen molar-refractivity contribution in [1.29, 1.82) is 0 Å². The summed E-state index contributed by atoms with van der Waals surface area (Å²) in [7, 11) is -3.90. The van der Waals surface area contributed by atoms with Gasteiger partial charge < -0.3 is 10.1 Å². The monoisotopic (exact) mass is 454 g/mol. The van der Waals surface area contributed by atoms with Crippen LogP contribution in [0, 0.1) is 17.8 Å². The van der Waals surface area contributed by atoms with Crippen LogP contribution in [-0.4, -0.2) is 50.5 Å². The van der Waals surface area contributed by atoms with Crippen molar-refractivity contribution in [2.75, 3.05) is 19.8 Å². The largest absolute Gasteiger partial charge is 0.378 e. The fourth-order valence-electron chi connectivity index (χ4n) is 5.61. The minimum absolute atomic E-state index is 0.0330. The van der Waals surface area contributed by atoms with E-state index in [9.17, 15) is 13.2 Å². The van der Waals surface area contributed by atoms with Crippen molar-refractivity contribution in [2.45, 2.75) is 62.4 Å². The van der Waals surface area contributed by atoms with E-state index in [1.54, 1.807) is 18.2 Å². The van der Waals surface area contributed by atoms with E-state index in [-0.39, 0.29) is 41.6 Å². The lowest BCUT2D eigenvalue weighted by atomic mass is 9.64. The Labute approximate surface area is 184 Å². The number of nitrogens with one attached hydrogen (secondary N) is 1. The zero-order valence-corrected chi connectivity index (χ0v) is 19.0. The molecule has 0 radical (unpaired) electrons. The summed E-state index contributed by atoms with van der Waals surface area (Å²) in [6, 6.07) is 5.61. The van der Waals surface area contributed by atoms with Gasteiger partial charge in [-0.15, -0.1) is 0 Å². The van der Waals surface area contributed by atoms with Crippen LogP contribution in [0.3, 0.4) is 0 Å². The van der Waals surface area contributed by atoms with Gasteiger partial charge in [-0.1, -0.05) is 49.9 Å². The lowest BCUT2D eigenvalue weighted by molar-refractivity contribution is -0.131. The maximum Gasteiger partial charge on any atom is 0.245 e. The first-order valence-corrected chi connectivity index (χ1v) is 12.9. The number of carbonyl (C=O) groups is 1. The number of fused-ring (bicyclic) bond motifs is 2. The summed E-state index contributed by atoms with van der Waals surface area (Å²) in [4.78, 5) is 13.4. The Kier molecular flexibility index (Phi) is 6.73. The van der Waals surface area contributed by atoms with E-state index in [1.807, 2.05) is 0 Å². The van der Waals surface area contributed by atoms with Crippen LogP contribution >= 0.6 is 11.6 Å². The van der Waals surface area contributed by atoms with Gasteiger partial charge in [0.1, 0.15) is 10.9 Å². The van der Waals surface area contributed by atoms with Crippen LogP contribution in [0.25, 0.3) is 0 Å². The maximum absolute atomic E-state index is 13.3. The molecular formula is C22H31ClN2O4S. The summed E-state index contributed by atoms with van der Waals surface area (Å²) in [5.41, 5.74) is 0. The highest BCUT2D eigenvalue weighted by molar-refractivity contribution is 7.89. The second kappa shape index (κ2) is 9.15. The van der Waals surface area contributed by atoms with E-state index in [4.69, 9.17) is 16.3 Å². The van der Waals surface area contributed by atoms with Crippen molar-refractivity contribution in [2.24, 2.45) is 17.8 Å². The van der Waals surface area contributed by atoms with E-state index < -0.39 is 16.1 Å². The molecular weight excluding hydrogens is 424 g/mol. The second-order valence-corrected chi connectivity index (χ2v) is 11.1. The smallest absolute Gasteiger partial charge is 0.245 e. The van der Waals surface area contributed by atoms with Crippen LogP contribution in [0.1, 0.15) is 45.4 Å². The molecule has 1 aromatic carbocycles. The molecule has 0 aromatic heterocycles. The fourth-order valence-corrected chi connectivity index (χ4v) is 7.66. The summed E-state index contributed by atoms with van der Waals surface area (Å²) in [5, 5.41) is 3.42. The molecule has 8 heteroatoms. The van der Waals surface area contributed by atoms with Crippen LogP contribution < -0.4 is 5.32 Å². The van der Waals surface area contributed by atoms with Gasteiger partial charge in [0.2, 0.25) is 15.9 Å². The van der Waals surface area contributed by atoms with E-state index in [2.05, 4.69) is 12.2 Å². The number of amides is 1. The quantitative estimate of drug-likeness (QED) is 0.739. The molecule has 2 aliphatic carbocycles. The van der Waals surface area contributed by atoms with Crippen molar-refractivity contribution in [3.05, 3.63) is 29.3 Å². The first kappa shape index (κ1) is 22.1. The standard InChI is InChI=1S/C22H31ClN2O4S/c1-2-16-12-15-6-5-7-17(13-15)21(16)24-22(26)19-14-29-11-10-25(19)30(27,28)20-9-4-3-8-18(20)23/h3-4,8-9,15-17,19,21H,2,5-7,10-14H2,1H3,(H,24,26). The molecule has 3 fully saturated rings. The molecule has 1 heterocycles. The average Bonchev–Trinajstić information content (AvgIpc) is 2.75. The van der Waals surface area contributed by atoms with Crippen LogP contribution in [0.5, 0.6) is 0 Å². The van der Waals surface area contributed by atoms with E-state index in [1.165, 1.54) is 29.6 Å². The van der Waals surface area contributed by atoms with E-state index >= 15 is 0 Å². The molecule has 2 saturated carbocycles. The predicted molar refractivity (Wildman–Crippen MR) is 116 cm³/mol. The summed E-state index contributed by atoms with van der Waals surface area (Å²) in [5.74, 6) is 1.47. The van der Waals surface area contributed by atoms with Gasteiger partial charge >= 0.3 is 0 Å². The SMILES string of the molecule is CCC1CC2CCCC(C2)C1NC(=O)C1COCCN1S(=O)(=O)c1ccccc1Cl. The minimum atomic E-state index is -3.90. The van der Waals surface area contributed by atoms with Gasteiger partial charge in [0.15, 0.2) is 0 Å². The third-order valence-electron chi connectivity index (χ3n) is 7.11. The van der Waals surface area contributed by atoms with Crippen LogP contribution in [0.15, 0.2) is 29.2 Å². The molecule has 5 atom stereocenters. The molecule has 5 unspecified atom stereocenters. The number of nitrogens with zero attached hydrogens (tertiary/aromatic N) is 1. The summed E-state index contributed by atoms with van der Waals surface area (Å²) < 4.78 is 33.4. The van der Waals surface area contributed by atoms with Gasteiger partial charge in [-0.2, -0.15) is 4.31 Å². The third-order valence-corrected chi connectivity index (χ3v) is 9.52. The molecule has 4 rings (SSSR count). The first-order chi connectivity index (χ1) is 14.4. The van der Waals surface area contributed by atoms with Crippen molar-refractivity contribution in [1.82, 2.24) is 9.62 Å². The van der Waals surface area contributed by atoms with Crippen molar-refractivity contribution >= 4 is 27.5 Å². The molecule has 3 aliphatic rings. The molecule has 1 aromatic rings. The van der Waals surface area contributed by atoms with Gasteiger partial charge in [0, 0.05) is 12.6 Å². The van der Waals surface area contributed by atoms with Crippen molar-refractivity contribution < 1.29 is 17.9 Å². The molecule has 166 valence electrons. The summed E-state index contributed by atoms with van der Waals surface area (Å²) in [6.07, 6.45) is 7.01. The normalized spacial score (nSPS) is 32.5. The Balaban J connectivity index is 1.55. The Morgan fingerprint density at radius 1 is 1.27 bits per heavy atom. The maximum atomic E-state index is 13.3. The van der Waals surface area contributed by atoms with Gasteiger partial charge in [-0.3, -0.25) is 4.79 Å². The lowest BCUT2D eigenvalue weighted by Gasteiger charge is -2.46. The number of halogens is 1. The molecule has 1 N–H and O–H groups in total. The lowest BCUT2D eigenvalue weighted by Crippen LogP contribution is -2.59. The molecule has 6 nitrogen and oxygen atoms in total. The molecule has 1 aliphatic heterocycles. The van der Waals surface area contributed by atoms with Gasteiger partial charge in [0.05, 0.1) is 18.2 Å². The topological polar surface area (TPSA) is 75.7 Å². The van der Waals surface area contributed by atoms with Crippen LogP contribution in [0.2, 0.25) is 5.02 Å². The Bertz CT molecular complexity index is 876. The number of hydrogen-bond donors (Lipinski definition) is 1. The zero-order chi connectivity index (χ0) is 21.3. The molecule has 30 heavy (non-hydrogen) atoms. The Morgan fingerprint density at radius 3 is 2.83 bits per heavy atom. The zero-order valence-electron chi connectivity index (χ0n) is 17.4. The van der Waals surface area contributed by atoms with Crippen LogP contribution in [-0.2, 0) is 19.6 Å². The Morgan fingerprint density at radius 2 is 2.07 bits per heavy atom. The number of sulfonamides is 1. The number of hydrogen-bond acceptors (Lipinski definition) is 4. The van der Waals surface area contributed by atoms with Crippen LogP contribution in [0.4, 0.5) is 0 Å². The van der Waals surface area contributed by atoms with E-state index in [0.717, 1.165) is 25.2 Å². The fraction of sp³-hybridized carbons (Fsp3) is 0.682. The average molecular weight is 455 g/mol. The Hall–Kier alpha value is -1.15. The molecule has 1 saturated heterocycles. The predicted octanol–water partition coefficient (Wildman–Crippen LogP) is 3.45. The highest BCUT2D eigenvalue weighted by Crippen LogP contribution is 2.43. The van der Waals surface area contributed by atoms with Crippen molar-refractivity contribution in [3.8, 4) is 0 Å². The third kappa shape index (κ3) is 4.27.